The monoisotopic (exact) mass is 377 g/mol. The predicted octanol–water partition coefficient (Wildman–Crippen LogP) is 7.52. The molecule has 144 valence electrons. The Morgan fingerprint density at radius 3 is 1.38 bits per heavy atom. The minimum absolute atomic E-state index is 1.01. The number of nitrogens with zero attached hydrogens (tertiary/aromatic N) is 1. The van der Waals surface area contributed by atoms with E-state index in [1.165, 1.54) is 27.8 Å². The second-order valence-corrected chi connectivity index (χ2v) is 7.59. The molecule has 1 heteroatoms. The molecule has 0 aliphatic heterocycles. The summed E-state index contributed by atoms with van der Waals surface area (Å²) in [5.74, 6) is 0. The van der Waals surface area contributed by atoms with Gasteiger partial charge in [0.25, 0.3) is 0 Å². The summed E-state index contributed by atoms with van der Waals surface area (Å²) < 4.78 is 0. The van der Waals surface area contributed by atoms with Gasteiger partial charge in [0.2, 0.25) is 0 Å². The van der Waals surface area contributed by atoms with Crippen molar-refractivity contribution in [3.8, 4) is 33.6 Å². The number of hydrogen-bond acceptors (Lipinski definition) is 1. The van der Waals surface area contributed by atoms with E-state index in [4.69, 9.17) is 4.98 Å². The van der Waals surface area contributed by atoms with Gasteiger partial charge in [-0.05, 0) is 54.2 Å². The van der Waals surface area contributed by atoms with Crippen molar-refractivity contribution in [3.63, 3.8) is 0 Å². The molecule has 0 amide bonds. The van der Waals surface area contributed by atoms with Crippen molar-refractivity contribution >= 4 is 0 Å². The van der Waals surface area contributed by atoms with E-state index in [2.05, 4.69) is 106 Å². The highest BCUT2D eigenvalue weighted by molar-refractivity contribution is 5.76. The zero-order valence-corrected chi connectivity index (χ0v) is 17.4. The minimum atomic E-state index is 1.01. The summed E-state index contributed by atoms with van der Waals surface area (Å²) in [5, 5.41) is 0. The van der Waals surface area contributed by atoms with Crippen LogP contribution in [0.2, 0.25) is 0 Å². The number of aromatic nitrogens is 1. The van der Waals surface area contributed by atoms with Crippen LogP contribution in [-0.2, 0) is 12.8 Å². The molecule has 0 N–H and O–H groups in total. The summed E-state index contributed by atoms with van der Waals surface area (Å²) in [4.78, 5) is 5.02. The summed E-state index contributed by atoms with van der Waals surface area (Å²) in [5.41, 5.74) is 10.7. The summed E-state index contributed by atoms with van der Waals surface area (Å²) >= 11 is 0. The van der Waals surface area contributed by atoms with Crippen LogP contribution in [0, 0.1) is 6.92 Å². The van der Waals surface area contributed by atoms with Crippen molar-refractivity contribution in [2.75, 3.05) is 0 Å². The normalized spacial score (nSPS) is 10.9. The Bertz CT molecular complexity index is 1020. The third-order valence-electron chi connectivity index (χ3n) is 5.53. The van der Waals surface area contributed by atoms with Crippen LogP contribution >= 0.6 is 0 Å². The van der Waals surface area contributed by atoms with E-state index in [0.717, 1.165) is 35.4 Å². The molecule has 1 heterocycles. The standard InChI is InChI=1S/C28H27N/c1-4-21-8-14-23(15-9-21)26-18-27(24-12-6-20(3)7-13-24)29-28(19-26)25-16-10-22(5-2)11-17-25/h6-19H,4-5H2,1-3H3. The first-order valence-corrected chi connectivity index (χ1v) is 10.4. The van der Waals surface area contributed by atoms with Gasteiger partial charge in [0.1, 0.15) is 0 Å². The molecule has 1 aromatic heterocycles. The Balaban J connectivity index is 1.84. The van der Waals surface area contributed by atoms with Gasteiger partial charge in [0.15, 0.2) is 0 Å². The molecule has 29 heavy (non-hydrogen) atoms. The van der Waals surface area contributed by atoms with Crippen LogP contribution in [0.25, 0.3) is 33.6 Å². The van der Waals surface area contributed by atoms with Crippen LogP contribution in [0.15, 0.2) is 84.9 Å². The summed E-state index contributed by atoms with van der Waals surface area (Å²) in [6.07, 6.45) is 2.10. The van der Waals surface area contributed by atoms with Gasteiger partial charge in [-0.3, -0.25) is 0 Å². The second kappa shape index (κ2) is 8.45. The Morgan fingerprint density at radius 1 is 0.517 bits per heavy atom. The maximum atomic E-state index is 5.02. The van der Waals surface area contributed by atoms with Crippen LogP contribution < -0.4 is 0 Å². The topological polar surface area (TPSA) is 12.9 Å². The molecule has 0 spiro atoms. The zero-order chi connectivity index (χ0) is 20.2. The van der Waals surface area contributed by atoms with Gasteiger partial charge in [0.05, 0.1) is 11.4 Å². The SMILES string of the molecule is CCc1ccc(-c2cc(-c3ccc(C)cc3)nc(-c3ccc(CC)cc3)c2)cc1. The molecule has 0 atom stereocenters. The van der Waals surface area contributed by atoms with E-state index in [1.807, 2.05) is 0 Å². The fourth-order valence-electron chi connectivity index (χ4n) is 3.56. The van der Waals surface area contributed by atoms with Crippen LogP contribution in [0.1, 0.15) is 30.5 Å². The van der Waals surface area contributed by atoms with E-state index >= 15 is 0 Å². The average molecular weight is 378 g/mol. The fourth-order valence-corrected chi connectivity index (χ4v) is 3.56. The van der Waals surface area contributed by atoms with Crippen LogP contribution in [0.3, 0.4) is 0 Å². The molecule has 0 unspecified atom stereocenters. The first-order chi connectivity index (χ1) is 14.2. The van der Waals surface area contributed by atoms with Gasteiger partial charge in [-0.1, -0.05) is 92.2 Å². The molecule has 4 rings (SSSR count). The summed E-state index contributed by atoms with van der Waals surface area (Å²) in [6, 6.07) is 30.7. The van der Waals surface area contributed by atoms with E-state index in [9.17, 15) is 0 Å². The molecule has 1 nitrogen and oxygen atoms in total. The lowest BCUT2D eigenvalue weighted by molar-refractivity contribution is 1.14. The van der Waals surface area contributed by atoms with Crippen molar-refractivity contribution in [2.24, 2.45) is 0 Å². The maximum absolute atomic E-state index is 5.02. The molecular weight excluding hydrogens is 350 g/mol. The Kier molecular flexibility index (Phi) is 5.57. The average Bonchev–Trinajstić information content (AvgIpc) is 2.79. The lowest BCUT2D eigenvalue weighted by Gasteiger charge is -2.11. The molecule has 0 radical (unpaired) electrons. The van der Waals surface area contributed by atoms with E-state index < -0.39 is 0 Å². The first-order valence-electron chi connectivity index (χ1n) is 10.4. The van der Waals surface area contributed by atoms with Crippen LogP contribution in [-0.4, -0.2) is 4.98 Å². The van der Waals surface area contributed by atoms with E-state index in [-0.39, 0.29) is 0 Å². The number of hydrogen-bond donors (Lipinski definition) is 0. The third-order valence-corrected chi connectivity index (χ3v) is 5.53. The van der Waals surface area contributed by atoms with Gasteiger partial charge < -0.3 is 0 Å². The lowest BCUT2D eigenvalue weighted by atomic mass is 9.98. The van der Waals surface area contributed by atoms with E-state index in [1.54, 1.807) is 0 Å². The quantitative estimate of drug-likeness (QED) is 0.350. The van der Waals surface area contributed by atoms with Crippen molar-refractivity contribution in [3.05, 3.63) is 102 Å². The highest BCUT2D eigenvalue weighted by atomic mass is 14.7. The lowest BCUT2D eigenvalue weighted by Crippen LogP contribution is -1.92. The number of benzene rings is 3. The Hall–Kier alpha value is -3.19. The smallest absolute Gasteiger partial charge is 0.0715 e. The molecule has 0 aliphatic carbocycles. The molecule has 4 aromatic rings. The van der Waals surface area contributed by atoms with Crippen LogP contribution in [0.5, 0.6) is 0 Å². The Labute approximate surface area is 174 Å². The minimum Gasteiger partial charge on any atom is -0.248 e. The van der Waals surface area contributed by atoms with Gasteiger partial charge in [-0.15, -0.1) is 0 Å². The van der Waals surface area contributed by atoms with Crippen molar-refractivity contribution in [1.29, 1.82) is 0 Å². The van der Waals surface area contributed by atoms with Crippen molar-refractivity contribution < 1.29 is 0 Å². The Morgan fingerprint density at radius 2 is 0.931 bits per heavy atom. The van der Waals surface area contributed by atoms with Gasteiger partial charge in [-0.25, -0.2) is 4.98 Å². The zero-order valence-electron chi connectivity index (χ0n) is 17.4. The highest BCUT2D eigenvalue weighted by Gasteiger charge is 2.09. The highest BCUT2D eigenvalue weighted by Crippen LogP contribution is 2.30. The van der Waals surface area contributed by atoms with Crippen LogP contribution in [0.4, 0.5) is 0 Å². The molecule has 0 saturated carbocycles. The molecule has 0 aliphatic rings. The fraction of sp³-hybridized carbons (Fsp3) is 0.179. The molecule has 0 fully saturated rings. The van der Waals surface area contributed by atoms with Gasteiger partial charge in [-0.2, -0.15) is 0 Å². The maximum Gasteiger partial charge on any atom is 0.0715 e. The predicted molar refractivity (Wildman–Crippen MR) is 124 cm³/mol. The first kappa shape index (κ1) is 19.1. The summed E-state index contributed by atoms with van der Waals surface area (Å²) in [7, 11) is 0. The van der Waals surface area contributed by atoms with Gasteiger partial charge >= 0.3 is 0 Å². The third kappa shape index (κ3) is 4.30. The number of pyridine rings is 1. The molecular formula is C28H27N. The molecule has 3 aromatic carbocycles. The molecule has 0 saturated heterocycles. The largest absolute Gasteiger partial charge is 0.248 e. The van der Waals surface area contributed by atoms with E-state index in [0.29, 0.717) is 0 Å². The van der Waals surface area contributed by atoms with Crippen molar-refractivity contribution in [1.82, 2.24) is 4.98 Å². The number of aryl methyl sites for hydroxylation is 3. The number of rotatable bonds is 5. The van der Waals surface area contributed by atoms with Gasteiger partial charge in [0, 0.05) is 11.1 Å². The van der Waals surface area contributed by atoms with Crippen molar-refractivity contribution in [2.45, 2.75) is 33.6 Å². The second-order valence-electron chi connectivity index (χ2n) is 7.59. The molecule has 0 bridgehead atoms. The summed E-state index contributed by atoms with van der Waals surface area (Å²) in [6.45, 7) is 6.49.